The number of halogens is 3. The van der Waals surface area contributed by atoms with Gasteiger partial charge in [-0.1, -0.05) is 0 Å². The van der Waals surface area contributed by atoms with Crippen molar-refractivity contribution in [2.45, 2.75) is 45.0 Å². The van der Waals surface area contributed by atoms with Gasteiger partial charge in [-0.15, -0.1) is 0 Å². The number of carboxylic acid groups (broad SMARTS) is 1. The Kier molecular flexibility index (Phi) is 5.39. The van der Waals surface area contributed by atoms with Crippen LogP contribution in [0.25, 0.3) is 0 Å². The molecule has 2 amide bonds. The number of alkyl halides is 3. The lowest BCUT2D eigenvalue weighted by atomic mass is 10.1. The smallest absolute Gasteiger partial charge is 0.416 e. The maximum atomic E-state index is 12.8. The summed E-state index contributed by atoms with van der Waals surface area (Å²) in [4.78, 5) is 26.1. The van der Waals surface area contributed by atoms with Crippen LogP contribution in [0, 0.1) is 0 Å². The molecule has 0 spiro atoms. The Balaban J connectivity index is 2.31. The number of benzene rings is 1. The van der Waals surface area contributed by atoms with E-state index in [4.69, 9.17) is 9.84 Å². The van der Waals surface area contributed by atoms with E-state index in [-0.39, 0.29) is 18.8 Å². The molecule has 0 aromatic heterocycles. The average molecular weight is 374 g/mol. The van der Waals surface area contributed by atoms with E-state index in [1.807, 2.05) is 0 Å². The number of nitrogens with zero attached hydrogens (tertiary/aromatic N) is 2. The summed E-state index contributed by atoms with van der Waals surface area (Å²) < 4.78 is 43.7. The van der Waals surface area contributed by atoms with Crippen LogP contribution in [-0.2, 0) is 10.9 Å². The highest BCUT2D eigenvalue weighted by atomic mass is 19.4. The van der Waals surface area contributed by atoms with Crippen LogP contribution in [0.5, 0.6) is 0 Å². The second-order valence-electron chi connectivity index (χ2n) is 7.07. The number of rotatable bonds is 2. The van der Waals surface area contributed by atoms with E-state index in [1.54, 1.807) is 20.8 Å². The summed E-state index contributed by atoms with van der Waals surface area (Å²) in [6.45, 7) is 5.33. The van der Waals surface area contributed by atoms with Crippen molar-refractivity contribution in [3.63, 3.8) is 0 Å². The van der Waals surface area contributed by atoms with Crippen molar-refractivity contribution in [3.05, 3.63) is 29.8 Å². The van der Waals surface area contributed by atoms with Crippen LogP contribution in [0.1, 0.15) is 32.8 Å². The SMILES string of the molecule is CC(C)(C)OC(=O)N(c1ccc(C(F)(F)F)cc1)C1CCN(C(=O)O)C1. The summed E-state index contributed by atoms with van der Waals surface area (Å²) in [5.74, 6) is 0. The van der Waals surface area contributed by atoms with E-state index < -0.39 is 35.6 Å². The van der Waals surface area contributed by atoms with E-state index in [2.05, 4.69) is 0 Å². The second kappa shape index (κ2) is 7.05. The standard InChI is InChI=1S/C17H21F3N2O4/c1-16(2,3)26-15(25)22(13-8-9-21(10-13)14(23)24)12-6-4-11(5-7-12)17(18,19)20/h4-7,13H,8-10H2,1-3H3,(H,23,24). The van der Waals surface area contributed by atoms with Gasteiger partial charge in [-0.05, 0) is 51.5 Å². The van der Waals surface area contributed by atoms with E-state index in [0.29, 0.717) is 6.42 Å². The predicted octanol–water partition coefficient (Wildman–Crippen LogP) is 4.20. The van der Waals surface area contributed by atoms with E-state index in [1.165, 1.54) is 17.0 Å². The molecule has 2 rings (SSSR count). The molecule has 1 fully saturated rings. The second-order valence-corrected chi connectivity index (χ2v) is 7.07. The van der Waals surface area contributed by atoms with Gasteiger partial charge in [0.05, 0.1) is 11.6 Å². The number of carbonyl (C=O) groups excluding carboxylic acids is 1. The molecule has 1 heterocycles. The van der Waals surface area contributed by atoms with Crippen molar-refractivity contribution in [2.75, 3.05) is 18.0 Å². The number of carbonyl (C=O) groups is 2. The predicted molar refractivity (Wildman–Crippen MR) is 88.2 cm³/mol. The summed E-state index contributed by atoms with van der Waals surface area (Å²) in [7, 11) is 0. The van der Waals surface area contributed by atoms with Crippen LogP contribution >= 0.6 is 0 Å². The van der Waals surface area contributed by atoms with Gasteiger partial charge < -0.3 is 14.7 Å². The maximum absolute atomic E-state index is 12.8. The largest absolute Gasteiger partial charge is 0.465 e. The third-order valence-electron chi connectivity index (χ3n) is 3.86. The van der Waals surface area contributed by atoms with Gasteiger partial charge in [-0.25, -0.2) is 9.59 Å². The number of anilines is 1. The highest BCUT2D eigenvalue weighted by Crippen LogP contribution is 2.32. The maximum Gasteiger partial charge on any atom is 0.416 e. The fourth-order valence-electron chi connectivity index (χ4n) is 2.71. The first-order valence-corrected chi connectivity index (χ1v) is 8.06. The summed E-state index contributed by atoms with van der Waals surface area (Å²) in [6.07, 6.45) is -5.95. The fourth-order valence-corrected chi connectivity index (χ4v) is 2.71. The topological polar surface area (TPSA) is 70.1 Å². The summed E-state index contributed by atoms with van der Waals surface area (Å²) >= 11 is 0. The molecular formula is C17H21F3N2O4. The molecule has 1 atom stereocenters. The van der Waals surface area contributed by atoms with Crippen molar-refractivity contribution >= 4 is 17.9 Å². The Morgan fingerprint density at radius 3 is 2.19 bits per heavy atom. The Bertz CT molecular complexity index is 668. The molecule has 1 aromatic carbocycles. The highest BCUT2D eigenvalue weighted by molar-refractivity contribution is 5.89. The number of ether oxygens (including phenoxy) is 1. The molecule has 0 saturated carbocycles. The summed E-state index contributed by atoms with van der Waals surface area (Å²) in [5.41, 5.74) is -1.40. The fraction of sp³-hybridized carbons (Fsp3) is 0.529. The van der Waals surface area contributed by atoms with Crippen molar-refractivity contribution in [2.24, 2.45) is 0 Å². The molecule has 0 aliphatic carbocycles. The minimum Gasteiger partial charge on any atom is -0.465 e. The van der Waals surface area contributed by atoms with Gasteiger partial charge in [-0.2, -0.15) is 13.2 Å². The lowest BCUT2D eigenvalue weighted by Gasteiger charge is -2.31. The zero-order chi connectivity index (χ0) is 19.7. The van der Waals surface area contributed by atoms with Crippen LogP contribution in [0.3, 0.4) is 0 Å². The van der Waals surface area contributed by atoms with Gasteiger partial charge in [0, 0.05) is 18.8 Å². The van der Waals surface area contributed by atoms with Crippen molar-refractivity contribution in [3.8, 4) is 0 Å². The monoisotopic (exact) mass is 374 g/mol. The molecule has 1 N–H and O–H groups in total. The zero-order valence-corrected chi connectivity index (χ0v) is 14.7. The minimum absolute atomic E-state index is 0.0651. The van der Waals surface area contributed by atoms with Gasteiger partial charge in [0.15, 0.2) is 0 Å². The van der Waals surface area contributed by atoms with Crippen LogP contribution < -0.4 is 4.90 Å². The molecule has 0 bridgehead atoms. The van der Waals surface area contributed by atoms with Crippen LogP contribution in [0.15, 0.2) is 24.3 Å². The van der Waals surface area contributed by atoms with Crippen molar-refractivity contribution in [1.29, 1.82) is 0 Å². The quantitative estimate of drug-likeness (QED) is 0.842. The molecule has 9 heteroatoms. The third kappa shape index (κ3) is 4.80. The summed E-state index contributed by atoms with van der Waals surface area (Å²) in [6, 6.07) is 3.64. The minimum atomic E-state index is -4.48. The van der Waals surface area contributed by atoms with Crippen LogP contribution in [0.2, 0.25) is 0 Å². The molecule has 1 aromatic rings. The molecule has 6 nitrogen and oxygen atoms in total. The van der Waals surface area contributed by atoms with E-state index >= 15 is 0 Å². The van der Waals surface area contributed by atoms with Gasteiger partial charge in [0.2, 0.25) is 0 Å². The first-order valence-electron chi connectivity index (χ1n) is 8.06. The molecule has 1 unspecified atom stereocenters. The molecular weight excluding hydrogens is 353 g/mol. The van der Waals surface area contributed by atoms with Gasteiger partial charge in [0.25, 0.3) is 0 Å². The molecule has 26 heavy (non-hydrogen) atoms. The van der Waals surface area contributed by atoms with Crippen LogP contribution in [0.4, 0.5) is 28.4 Å². The first kappa shape index (κ1) is 19.9. The average Bonchev–Trinajstić information content (AvgIpc) is 2.95. The Hall–Kier alpha value is -2.45. The summed E-state index contributed by atoms with van der Waals surface area (Å²) in [5, 5.41) is 9.10. The lowest BCUT2D eigenvalue weighted by Crippen LogP contribution is -2.45. The first-order chi connectivity index (χ1) is 11.9. The zero-order valence-electron chi connectivity index (χ0n) is 14.7. The number of likely N-dealkylation sites (tertiary alicyclic amines) is 1. The van der Waals surface area contributed by atoms with Crippen molar-refractivity contribution in [1.82, 2.24) is 4.90 Å². The van der Waals surface area contributed by atoms with Gasteiger partial charge in [-0.3, -0.25) is 4.90 Å². The molecule has 0 radical (unpaired) electrons. The van der Waals surface area contributed by atoms with E-state index in [0.717, 1.165) is 17.0 Å². The number of hydrogen-bond donors (Lipinski definition) is 1. The third-order valence-corrected chi connectivity index (χ3v) is 3.86. The number of hydrogen-bond acceptors (Lipinski definition) is 3. The highest BCUT2D eigenvalue weighted by Gasteiger charge is 2.37. The normalized spacial score (nSPS) is 17.9. The molecule has 1 aliphatic rings. The Morgan fingerprint density at radius 2 is 1.77 bits per heavy atom. The number of amides is 2. The Morgan fingerprint density at radius 1 is 1.19 bits per heavy atom. The van der Waals surface area contributed by atoms with Gasteiger partial charge in [0.1, 0.15) is 5.60 Å². The molecule has 1 saturated heterocycles. The van der Waals surface area contributed by atoms with Gasteiger partial charge >= 0.3 is 18.4 Å². The molecule has 1 aliphatic heterocycles. The molecule has 144 valence electrons. The van der Waals surface area contributed by atoms with E-state index in [9.17, 15) is 22.8 Å². The van der Waals surface area contributed by atoms with Crippen LogP contribution in [-0.4, -0.2) is 46.9 Å². The lowest BCUT2D eigenvalue weighted by molar-refractivity contribution is -0.137. The Labute approximate surface area is 149 Å². The van der Waals surface area contributed by atoms with Crippen molar-refractivity contribution < 1.29 is 32.6 Å².